The Morgan fingerprint density at radius 3 is 2.40 bits per heavy atom. The standard InChI is InChI=1S/C21H32N2O2/c1-21(2,3)18-6-4-17(5-7-18)20(24)22-14-16-8-11-23(12-9-16)19-10-13-25-15-19/h4-7,16,19H,8-15H2,1-3H3,(H,22,24)/t19-/m0/s1. The zero-order valence-electron chi connectivity index (χ0n) is 15.9. The lowest BCUT2D eigenvalue weighted by molar-refractivity contribution is 0.0911. The second-order valence-electron chi connectivity index (χ2n) is 8.53. The predicted octanol–water partition coefficient (Wildman–Crippen LogP) is 3.21. The normalized spacial score (nSPS) is 22.9. The summed E-state index contributed by atoms with van der Waals surface area (Å²) in [5.74, 6) is 0.642. The van der Waals surface area contributed by atoms with Crippen molar-refractivity contribution in [3.05, 3.63) is 35.4 Å². The summed E-state index contributed by atoms with van der Waals surface area (Å²) in [6.07, 6.45) is 3.51. The lowest BCUT2D eigenvalue weighted by Gasteiger charge is -2.35. The number of amides is 1. The van der Waals surface area contributed by atoms with E-state index < -0.39 is 0 Å². The van der Waals surface area contributed by atoms with E-state index in [9.17, 15) is 4.79 Å². The number of likely N-dealkylation sites (tertiary alicyclic amines) is 1. The summed E-state index contributed by atoms with van der Waals surface area (Å²) in [4.78, 5) is 14.9. The quantitative estimate of drug-likeness (QED) is 0.912. The van der Waals surface area contributed by atoms with Crippen LogP contribution in [-0.4, -0.2) is 49.7 Å². The van der Waals surface area contributed by atoms with Gasteiger partial charge < -0.3 is 10.1 Å². The number of carbonyl (C=O) groups excluding carboxylic acids is 1. The third-order valence-corrected chi connectivity index (χ3v) is 5.64. The van der Waals surface area contributed by atoms with Gasteiger partial charge >= 0.3 is 0 Å². The molecule has 1 aromatic carbocycles. The highest BCUT2D eigenvalue weighted by Gasteiger charge is 2.27. The van der Waals surface area contributed by atoms with E-state index in [1.807, 2.05) is 12.1 Å². The monoisotopic (exact) mass is 344 g/mol. The average molecular weight is 344 g/mol. The fraction of sp³-hybridized carbons (Fsp3) is 0.667. The molecule has 1 atom stereocenters. The molecule has 0 aliphatic carbocycles. The minimum Gasteiger partial charge on any atom is -0.380 e. The second kappa shape index (κ2) is 7.88. The van der Waals surface area contributed by atoms with Gasteiger partial charge in [0.2, 0.25) is 0 Å². The van der Waals surface area contributed by atoms with Gasteiger partial charge in [-0.25, -0.2) is 0 Å². The number of ether oxygens (including phenoxy) is 1. The first-order valence-corrected chi connectivity index (χ1v) is 9.64. The van der Waals surface area contributed by atoms with Gasteiger partial charge in [-0.15, -0.1) is 0 Å². The molecule has 1 aromatic rings. The van der Waals surface area contributed by atoms with Gasteiger partial charge in [0, 0.05) is 24.8 Å². The first-order valence-electron chi connectivity index (χ1n) is 9.64. The SMILES string of the molecule is CC(C)(C)c1ccc(C(=O)NCC2CCN([C@H]3CCOC3)CC2)cc1. The molecule has 2 aliphatic heterocycles. The predicted molar refractivity (Wildman–Crippen MR) is 101 cm³/mol. The number of hydrogen-bond acceptors (Lipinski definition) is 3. The number of carbonyl (C=O) groups is 1. The van der Waals surface area contributed by atoms with E-state index in [1.165, 1.54) is 24.8 Å². The van der Waals surface area contributed by atoms with Crippen LogP contribution in [-0.2, 0) is 10.2 Å². The maximum atomic E-state index is 12.4. The molecule has 4 heteroatoms. The van der Waals surface area contributed by atoms with Crippen LogP contribution in [0, 0.1) is 5.92 Å². The van der Waals surface area contributed by atoms with Crippen molar-refractivity contribution in [2.24, 2.45) is 5.92 Å². The van der Waals surface area contributed by atoms with Gasteiger partial charge in [-0.3, -0.25) is 9.69 Å². The summed E-state index contributed by atoms with van der Waals surface area (Å²) in [5.41, 5.74) is 2.13. The van der Waals surface area contributed by atoms with Gasteiger partial charge in [-0.1, -0.05) is 32.9 Å². The van der Waals surface area contributed by atoms with Gasteiger partial charge in [0.1, 0.15) is 0 Å². The number of hydrogen-bond donors (Lipinski definition) is 1. The highest BCUT2D eigenvalue weighted by atomic mass is 16.5. The Hall–Kier alpha value is -1.39. The highest BCUT2D eigenvalue weighted by Crippen LogP contribution is 2.23. The highest BCUT2D eigenvalue weighted by molar-refractivity contribution is 5.94. The van der Waals surface area contributed by atoms with E-state index in [1.54, 1.807) is 0 Å². The summed E-state index contributed by atoms with van der Waals surface area (Å²) in [6, 6.07) is 8.64. The van der Waals surface area contributed by atoms with Crippen LogP contribution in [0.4, 0.5) is 0 Å². The molecule has 0 radical (unpaired) electrons. The molecule has 0 aromatic heterocycles. The van der Waals surface area contributed by atoms with Crippen LogP contribution in [0.5, 0.6) is 0 Å². The van der Waals surface area contributed by atoms with Crippen LogP contribution in [0.25, 0.3) is 0 Å². The van der Waals surface area contributed by atoms with E-state index in [0.717, 1.165) is 38.4 Å². The molecule has 3 rings (SSSR count). The Morgan fingerprint density at radius 2 is 1.84 bits per heavy atom. The minimum atomic E-state index is 0.0482. The van der Waals surface area contributed by atoms with Gasteiger partial charge in [0.25, 0.3) is 5.91 Å². The molecule has 2 aliphatic rings. The van der Waals surface area contributed by atoms with Crippen molar-refractivity contribution >= 4 is 5.91 Å². The Morgan fingerprint density at radius 1 is 1.16 bits per heavy atom. The largest absolute Gasteiger partial charge is 0.380 e. The van der Waals surface area contributed by atoms with Crippen molar-refractivity contribution in [3.8, 4) is 0 Å². The number of rotatable bonds is 4. The number of piperidine rings is 1. The number of benzene rings is 1. The van der Waals surface area contributed by atoms with Gasteiger partial charge in [-0.05, 0) is 61.4 Å². The fourth-order valence-electron chi connectivity index (χ4n) is 3.79. The molecular formula is C21H32N2O2. The van der Waals surface area contributed by atoms with Gasteiger partial charge in [0.15, 0.2) is 0 Å². The Balaban J connectivity index is 1.43. The van der Waals surface area contributed by atoms with Crippen LogP contribution in [0.3, 0.4) is 0 Å². The van der Waals surface area contributed by atoms with Gasteiger partial charge in [0.05, 0.1) is 6.61 Å². The van der Waals surface area contributed by atoms with E-state index >= 15 is 0 Å². The van der Waals surface area contributed by atoms with Crippen molar-refractivity contribution in [2.75, 3.05) is 32.8 Å². The zero-order valence-corrected chi connectivity index (χ0v) is 15.9. The molecule has 4 nitrogen and oxygen atoms in total. The molecule has 1 amide bonds. The smallest absolute Gasteiger partial charge is 0.251 e. The number of nitrogens with one attached hydrogen (secondary N) is 1. The maximum Gasteiger partial charge on any atom is 0.251 e. The summed E-state index contributed by atoms with van der Waals surface area (Å²) < 4.78 is 5.50. The van der Waals surface area contributed by atoms with Crippen molar-refractivity contribution < 1.29 is 9.53 Å². The maximum absolute atomic E-state index is 12.4. The molecular weight excluding hydrogens is 312 g/mol. The lowest BCUT2D eigenvalue weighted by atomic mass is 9.86. The summed E-state index contributed by atoms with van der Waals surface area (Å²) in [6.45, 7) is 11.4. The zero-order chi connectivity index (χ0) is 17.9. The number of nitrogens with zero attached hydrogens (tertiary/aromatic N) is 1. The second-order valence-corrected chi connectivity index (χ2v) is 8.53. The molecule has 2 fully saturated rings. The van der Waals surface area contributed by atoms with E-state index in [2.05, 4.69) is 43.1 Å². The fourth-order valence-corrected chi connectivity index (χ4v) is 3.79. The van der Waals surface area contributed by atoms with Crippen LogP contribution in [0.2, 0.25) is 0 Å². The molecule has 25 heavy (non-hydrogen) atoms. The lowest BCUT2D eigenvalue weighted by Crippen LogP contribution is -2.43. The molecule has 2 saturated heterocycles. The third-order valence-electron chi connectivity index (χ3n) is 5.64. The summed E-state index contributed by atoms with van der Waals surface area (Å²) >= 11 is 0. The molecule has 1 N–H and O–H groups in total. The molecule has 0 spiro atoms. The third kappa shape index (κ3) is 4.83. The first kappa shape index (κ1) is 18.4. The summed E-state index contributed by atoms with van der Waals surface area (Å²) in [5, 5.41) is 3.13. The van der Waals surface area contributed by atoms with Crippen molar-refractivity contribution in [1.82, 2.24) is 10.2 Å². The molecule has 0 unspecified atom stereocenters. The van der Waals surface area contributed by atoms with Gasteiger partial charge in [-0.2, -0.15) is 0 Å². The average Bonchev–Trinajstić information content (AvgIpc) is 3.14. The Kier molecular flexibility index (Phi) is 5.80. The first-order chi connectivity index (χ1) is 11.9. The molecule has 2 heterocycles. The Bertz CT molecular complexity index is 563. The van der Waals surface area contributed by atoms with Crippen LogP contribution < -0.4 is 5.32 Å². The topological polar surface area (TPSA) is 41.6 Å². The van der Waals surface area contributed by atoms with E-state index in [0.29, 0.717) is 12.0 Å². The molecule has 0 bridgehead atoms. The van der Waals surface area contributed by atoms with Crippen molar-refractivity contribution in [1.29, 1.82) is 0 Å². The van der Waals surface area contributed by atoms with E-state index in [-0.39, 0.29) is 11.3 Å². The van der Waals surface area contributed by atoms with Crippen molar-refractivity contribution in [3.63, 3.8) is 0 Å². The summed E-state index contributed by atoms with van der Waals surface area (Å²) in [7, 11) is 0. The van der Waals surface area contributed by atoms with Crippen LogP contribution >= 0.6 is 0 Å². The van der Waals surface area contributed by atoms with E-state index in [4.69, 9.17) is 4.74 Å². The van der Waals surface area contributed by atoms with Crippen LogP contribution in [0.1, 0.15) is 56.0 Å². The Labute approximate surface area is 151 Å². The molecule has 0 saturated carbocycles. The van der Waals surface area contributed by atoms with Crippen molar-refractivity contribution in [2.45, 2.75) is 51.5 Å². The van der Waals surface area contributed by atoms with Crippen LogP contribution in [0.15, 0.2) is 24.3 Å². The minimum absolute atomic E-state index is 0.0482. The molecule has 138 valence electrons.